The van der Waals surface area contributed by atoms with Crippen molar-refractivity contribution in [3.05, 3.63) is 47.0 Å². The number of hydrogen-bond acceptors (Lipinski definition) is 6. The number of carbonyl (C=O) groups is 1. The molecule has 6 nitrogen and oxygen atoms in total. The molecule has 3 heterocycles. The Morgan fingerprint density at radius 2 is 2.12 bits per heavy atom. The Kier molecular flexibility index (Phi) is 3.86. The highest BCUT2D eigenvalue weighted by molar-refractivity contribution is 7.07. The summed E-state index contributed by atoms with van der Waals surface area (Å²) in [6.07, 6.45) is 1.86. The third kappa shape index (κ3) is 2.71. The summed E-state index contributed by atoms with van der Waals surface area (Å²) in [6, 6.07) is 8.05. The second-order valence-corrected chi connectivity index (χ2v) is 6.61. The van der Waals surface area contributed by atoms with Crippen molar-refractivity contribution in [2.45, 2.75) is 13.0 Å². The molecule has 0 saturated carbocycles. The van der Waals surface area contributed by atoms with Gasteiger partial charge in [-0.05, 0) is 13.0 Å². The largest absolute Gasteiger partial charge is 0.337 e. The predicted molar refractivity (Wildman–Crippen MR) is 94.4 cm³/mol. The fourth-order valence-corrected chi connectivity index (χ4v) is 3.55. The summed E-state index contributed by atoms with van der Waals surface area (Å²) in [5, 5.41) is 2.83. The van der Waals surface area contributed by atoms with E-state index in [1.807, 2.05) is 35.4 Å². The van der Waals surface area contributed by atoms with Crippen molar-refractivity contribution in [1.29, 1.82) is 0 Å². The number of rotatable bonds is 2. The second-order valence-electron chi connectivity index (χ2n) is 5.90. The van der Waals surface area contributed by atoms with Crippen LogP contribution in [0.3, 0.4) is 0 Å². The number of carbonyl (C=O) groups excluding carboxylic acids is 1. The van der Waals surface area contributed by atoms with Crippen LogP contribution in [0, 0.1) is 0 Å². The molecular formula is C17H17N5OS. The van der Waals surface area contributed by atoms with Gasteiger partial charge < -0.3 is 9.80 Å². The lowest BCUT2D eigenvalue weighted by atomic mass is 10.2. The van der Waals surface area contributed by atoms with Crippen LogP contribution in [0.4, 0.5) is 5.95 Å². The minimum Gasteiger partial charge on any atom is -0.337 e. The molecule has 0 aliphatic carbocycles. The van der Waals surface area contributed by atoms with Gasteiger partial charge in [0, 0.05) is 42.6 Å². The normalized spacial score (nSPS) is 18.1. The van der Waals surface area contributed by atoms with Crippen molar-refractivity contribution in [3.8, 4) is 0 Å². The number of amides is 1. The van der Waals surface area contributed by atoms with Gasteiger partial charge in [0.15, 0.2) is 0 Å². The molecule has 1 aliphatic heterocycles. The summed E-state index contributed by atoms with van der Waals surface area (Å²) in [7, 11) is 0. The number of aromatic nitrogens is 3. The van der Waals surface area contributed by atoms with Gasteiger partial charge in [0.2, 0.25) is 5.95 Å². The highest BCUT2D eigenvalue weighted by Crippen LogP contribution is 2.20. The van der Waals surface area contributed by atoms with Crippen molar-refractivity contribution in [1.82, 2.24) is 19.9 Å². The zero-order valence-corrected chi connectivity index (χ0v) is 14.1. The van der Waals surface area contributed by atoms with Crippen LogP contribution in [0.1, 0.15) is 17.4 Å². The fraction of sp³-hybridized carbons (Fsp3) is 0.294. The van der Waals surface area contributed by atoms with Gasteiger partial charge >= 0.3 is 0 Å². The van der Waals surface area contributed by atoms with Crippen molar-refractivity contribution < 1.29 is 4.79 Å². The lowest BCUT2D eigenvalue weighted by molar-refractivity contribution is 0.0668. The molecule has 7 heteroatoms. The van der Waals surface area contributed by atoms with E-state index in [0.717, 1.165) is 23.4 Å². The maximum Gasteiger partial charge on any atom is 0.273 e. The summed E-state index contributed by atoms with van der Waals surface area (Å²) in [5.41, 5.74) is 3.16. The van der Waals surface area contributed by atoms with E-state index in [0.29, 0.717) is 18.8 Å². The van der Waals surface area contributed by atoms with Crippen LogP contribution in [0.25, 0.3) is 10.9 Å². The summed E-state index contributed by atoms with van der Waals surface area (Å²) in [6.45, 7) is 4.14. The van der Waals surface area contributed by atoms with Crippen molar-refractivity contribution in [2.24, 2.45) is 0 Å². The first-order valence-electron chi connectivity index (χ1n) is 7.88. The average molecular weight is 339 g/mol. The molecule has 2 aromatic heterocycles. The van der Waals surface area contributed by atoms with Crippen LogP contribution in [-0.4, -0.2) is 51.4 Å². The van der Waals surface area contributed by atoms with E-state index in [-0.39, 0.29) is 11.9 Å². The maximum absolute atomic E-state index is 12.5. The van der Waals surface area contributed by atoms with Crippen LogP contribution in [0.15, 0.2) is 41.4 Å². The molecule has 0 N–H and O–H groups in total. The zero-order chi connectivity index (χ0) is 16.5. The Bertz CT molecular complexity index is 866. The lowest BCUT2D eigenvalue weighted by Crippen LogP contribution is -2.54. The highest BCUT2D eigenvalue weighted by Gasteiger charge is 2.30. The summed E-state index contributed by atoms with van der Waals surface area (Å²) in [5.74, 6) is 0.726. The summed E-state index contributed by atoms with van der Waals surface area (Å²) in [4.78, 5) is 29.8. The molecule has 1 atom stereocenters. The van der Waals surface area contributed by atoms with E-state index in [9.17, 15) is 4.79 Å². The van der Waals surface area contributed by atoms with Gasteiger partial charge in [-0.1, -0.05) is 18.2 Å². The molecular weight excluding hydrogens is 322 g/mol. The van der Waals surface area contributed by atoms with Crippen molar-refractivity contribution in [2.75, 3.05) is 24.5 Å². The zero-order valence-electron chi connectivity index (χ0n) is 13.3. The Labute approximate surface area is 143 Å². The van der Waals surface area contributed by atoms with Gasteiger partial charge in [-0.25, -0.2) is 15.0 Å². The minimum atomic E-state index is 0.00262. The fourth-order valence-electron chi connectivity index (χ4n) is 3.02. The van der Waals surface area contributed by atoms with E-state index in [2.05, 4.69) is 26.8 Å². The first-order valence-corrected chi connectivity index (χ1v) is 8.82. The summed E-state index contributed by atoms with van der Waals surface area (Å²) < 4.78 is 0. The molecule has 0 spiro atoms. The maximum atomic E-state index is 12.5. The number of benzene rings is 1. The molecule has 1 fully saturated rings. The molecule has 1 amide bonds. The number of hydrogen-bond donors (Lipinski definition) is 0. The van der Waals surface area contributed by atoms with Gasteiger partial charge in [-0.2, -0.15) is 0 Å². The van der Waals surface area contributed by atoms with Crippen molar-refractivity contribution in [3.63, 3.8) is 0 Å². The standard InChI is InChI=1S/C17H17N5OS/c1-12-9-21(6-7-22(12)16(23)15-10-24-11-19-15)17-18-8-13-4-2-3-5-14(13)20-17/h2-5,8,10-12H,6-7,9H2,1H3/t12-/m0/s1. The Balaban J connectivity index is 1.52. The van der Waals surface area contributed by atoms with Crippen molar-refractivity contribution >= 4 is 34.1 Å². The number of nitrogens with zero attached hydrogens (tertiary/aromatic N) is 5. The van der Waals surface area contributed by atoms with Gasteiger partial charge in [-0.15, -0.1) is 11.3 Å². The number of fused-ring (bicyclic) bond motifs is 1. The summed E-state index contributed by atoms with van der Waals surface area (Å²) >= 11 is 1.44. The van der Waals surface area contributed by atoms with E-state index in [1.54, 1.807) is 10.9 Å². The molecule has 1 aromatic carbocycles. The molecule has 122 valence electrons. The van der Waals surface area contributed by atoms with Crippen LogP contribution in [-0.2, 0) is 0 Å². The van der Waals surface area contributed by atoms with E-state index < -0.39 is 0 Å². The van der Waals surface area contributed by atoms with E-state index >= 15 is 0 Å². The van der Waals surface area contributed by atoms with Gasteiger partial charge in [0.05, 0.1) is 11.0 Å². The lowest BCUT2D eigenvalue weighted by Gasteiger charge is -2.39. The van der Waals surface area contributed by atoms with Gasteiger partial charge in [0.1, 0.15) is 5.69 Å². The third-order valence-electron chi connectivity index (χ3n) is 4.30. The topological polar surface area (TPSA) is 62.2 Å². The SMILES string of the molecule is C[C@H]1CN(c2ncc3ccccc3n2)CCN1C(=O)c1cscn1. The first kappa shape index (κ1) is 15.0. The van der Waals surface area contributed by atoms with Gasteiger partial charge in [0.25, 0.3) is 5.91 Å². The number of anilines is 1. The van der Waals surface area contributed by atoms with Crippen LogP contribution < -0.4 is 4.90 Å². The smallest absolute Gasteiger partial charge is 0.273 e. The van der Waals surface area contributed by atoms with E-state index in [1.165, 1.54) is 11.3 Å². The number of thiazole rings is 1. The van der Waals surface area contributed by atoms with Gasteiger partial charge in [-0.3, -0.25) is 4.79 Å². The molecule has 0 unspecified atom stereocenters. The minimum absolute atomic E-state index is 0.00262. The van der Waals surface area contributed by atoms with Crippen LogP contribution in [0.2, 0.25) is 0 Å². The molecule has 1 saturated heterocycles. The molecule has 24 heavy (non-hydrogen) atoms. The average Bonchev–Trinajstić information content (AvgIpc) is 3.15. The highest BCUT2D eigenvalue weighted by atomic mass is 32.1. The first-order chi connectivity index (χ1) is 11.7. The molecule has 0 bridgehead atoms. The quantitative estimate of drug-likeness (QED) is 0.718. The molecule has 0 radical (unpaired) electrons. The predicted octanol–water partition coefficient (Wildman–Crippen LogP) is 2.44. The molecule has 4 rings (SSSR count). The van der Waals surface area contributed by atoms with Crippen LogP contribution >= 0.6 is 11.3 Å². The monoisotopic (exact) mass is 339 g/mol. The Morgan fingerprint density at radius 3 is 2.92 bits per heavy atom. The third-order valence-corrected chi connectivity index (χ3v) is 4.89. The van der Waals surface area contributed by atoms with Crippen LogP contribution in [0.5, 0.6) is 0 Å². The number of piperazine rings is 1. The molecule has 3 aromatic rings. The number of para-hydroxylation sites is 1. The second kappa shape index (κ2) is 6.16. The Morgan fingerprint density at radius 1 is 1.25 bits per heavy atom. The van der Waals surface area contributed by atoms with E-state index in [4.69, 9.17) is 0 Å². The Hall–Kier alpha value is -2.54. The molecule has 1 aliphatic rings.